The van der Waals surface area contributed by atoms with E-state index in [2.05, 4.69) is 72.5 Å². The highest BCUT2D eigenvalue weighted by atomic mass is 16.5. The fraction of sp³-hybridized carbons (Fsp3) is 0.478. The molecule has 2 aromatic carbocycles. The summed E-state index contributed by atoms with van der Waals surface area (Å²) in [5, 5.41) is 9.13. The van der Waals surface area contributed by atoms with Crippen molar-refractivity contribution in [1.82, 2.24) is 15.2 Å². The summed E-state index contributed by atoms with van der Waals surface area (Å²) in [6.07, 6.45) is 2.28. The van der Waals surface area contributed by atoms with Crippen molar-refractivity contribution in [1.29, 1.82) is 0 Å². The summed E-state index contributed by atoms with van der Waals surface area (Å²) in [5.74, 6) is 1.82. The van der Waals surface area contributed by atoms with Gasteiger partial charge in [-0.25, -0.2) is 0 Å². The van der Waals surface area contributed by atoms with Crippen LogP contribution in [-0.2, 0) is 7.05 Å². The van der Waals surface area contributed by atoms with Gasteiger partial charge in [-0.05, 0) is 62.3 Å². The van der Waals surface area contributed by atoms with Crippen LogP contribution >= 0.6 is 0 Å². The van der Waals surface area contributed by atoms with E-state index < -0.39 is 0 Å². The first-order valence-electron chi connectivity index (χ1n) is 10.4. The normalized spacial score (nSPS) is 11.4. The summed E-state index contributed by atoms with van der Waals surface area (Å²) in [7, 11) is 2.11. The fourth-order valence-electron chi connectivity index (χ4n) is 3.44. The predicted molar refractivity (Wildman–Crippen MR) is 118 cm³/mol. The molecule has 0 aliphatic carbocycles. The number of ether oxygens (including phenoxy) is 2. The van der Waals surface area contributed by atoms with Crippen molar-refractivity contribution in [2.75, 3.05) is 39.4 Å². The molecule has 1 aromatic heterocycles. The van der Waals surface area contributed by atoms with Crippen LogP contribution in [0.25, 0.3) is 21.8 Å². The van der Waals surface area contributed by atoms with Crippen LogP contribution in [0.2, 0.25) is 0 Å². The standard InChI is InChI=1S/C23H33N3O2/c1-4-10-24-12-14-27-18-6-8-22-20(16-18)21-17-19(7-9-23(21)26(22)3)28-15-13-25-11-5-2/h6-9,16-17,24-25H,4-5,10-15H2,1-3H3. The Bertz CT molecular complexity index is 817. The van der Waals surface area contributed by atoms with E-state index >= 15 is 0 Å². The lowest BCUT2D eigenvalue weighted by Gasteiger charge is -2.08. The largest absolute Gasteiger partial charge is 0.492 e. The van der Waals surface area contributed by atoms with Crippen molar-refractivity contribution in [3.05, 3.63) is 36.4 Å². The summed E-state index contributed by atoms with van der Waals surface area (Å²) in [4.78, 5) is 0. The summed E-state index contributed by atoms with van der Waals surface area (Å²) in [5.41, 5.74) is 2.40. The zero-order valence-electron chi connectivity index (χ0n) is 17.4. The number of rotatable bonds is 12. The Morgan fingerprint density at radius 2 is 1.18 bits per heavy atom. The molecule has 3 rings (SSSR count). The second-order valence-corrected chi connectivity index (χ2v) is 7.11. The first-order valence-corrected chi connectivity index (χ1v) is 10.4. The number of aromatic nitrogens is 1. The first kappa shape index (κ1) is 20.5. The van der Waals surface area contributed by atoms with Crippen LogP contribution < -0.4 is 20.1 Å². The third kappa shape index (κ3) is 4.97. The predicted octanol–water partition coefficient (Wildman–Crippen LogP) is 4.09. The Hall–Kier alpha value is -2.24. The highest BCUT2D eigenvalue weighted by Gasteiger charge is 2.10. The molecule has 2 N–H and O–H groups in total. The van der Waals surface area contributed by atoms with Crippen LogP contribution in [-0.4, -0.2) is 44.0 Å². The Kier molecular flexibility index (Phi) is 7.57. The van der Waals surface area contributed by atoms with Gasteiger partial charge in [0, 0.05) is 41.9 Å². The highest BCUT2D eigenvalue weighted by molar-refractivity contribution is 6.08. The van der Waals surface area contributed by atoms with Gasteiger partial charge in [-0.15, -0.1) is 0 Å². The van der Waals surface area contributed by atoms with Crippen molar-refractivity contribution in [2.45, 2.75) is 26.7 Å². The third-order valence-electron chi connectivity index (χ3n) is 4.90. The number of nitrogens with one attached hydrogen (secondary N) is 2. The molecule has 5 nitrogen and oxygen atoms in total. The maximum Gasteiger partial charge on any atom is 0.120 e. The van der Waals surface area contributed by atoms with Crippen LogP contribution in [0.5, 0.6) is 11.5 Å². The summed E-state index contributed by atoms with van der Waals surface area (Å²) < 4.78 is 14.1. The van der Waals surface area contributed by atoms with E-state index in [0.717, 1.165) is 50.5 Å². The molecule has 0 spiro atoms. The molecule has 1 heterocycles. The van der Waals surface area contributed by atoms with Gasteiger partial charge in [0.1, 0.15) is 24.7 Å². The molecule has 0 aliphatic rings. The van der Waals surface area contributed by atoms with Crippen LogP contribution in [0.4, 0.5) is 0 Å². The van der Waals surface area contributed by atoms with Crippen LogP contribution in [0.15, 0.2) is 36.4 Å². The van der Waals surface area contributed by atoms with E-state index in [0.29, 0.717) is 13.2 Å². The maximum absolute atomic E-state index is 5.94. The summed E-state index contributed by atoms with van der Waals surface area (Å²) in [6, 6.07) is 12.7. The van der Waals surface area contributed by atoms with Gasteiger partial charge in [0.15, 0.2) is 0 Å². The summed E-state index contributed by atoms with van der Waals surface area (Å²) >= 11 is 0. The van der Waals surface area contributed by atoms with E-state index in [4.69, 9.17) is 9.47 Å². The van der Waals surface area contributed by atoms with E-state index in [-0.39, 0.29) is 0 Å². The SMILES string of the molecule is CCCNCCOc1ccc2c(c1)c1cc(OCCNCCC)ccc1n2C. The molecule has 3 aromatic rings. The summed E-state index contributed by atoms with van der Waals surface area (Å²) in [6.45, 7) is 9.48. The van der Waals surface area contributed by atoms with Crippen molar-refractivity contribution >= 4 is 21.8 Å². The molecule has 0 unspecified atom stereocenters. The Labute approximate surface area is 168 Å². The Morgan fingerprint density at radius 1 is 0.714 bits per heavy atom. The quantitative estimate of drug-likeness (QED) is 0.463. The van der Waals surface area contributed by atoms with Crippen molar-refractivity contribution in [3.63, 3.8) is 0 Å². The number of benzene rings is 2. The number of hydrogen-bond donors (Lipinski definition) is 2. The van der Waals surface area contributed by atoms with Gasteiger partial charge >= 0.3 is 0 Å². The molecule has 0 atom stereocenters. The second kappa shape index (κ2) is 10.3. The van der Waals surface area contributed by atoms with Crippen LogP contribution in [0.1, 0.15) is 26.7 Å². The van der Waals surface area contributed by atoms with Gasteiger partial charge in [-0.1, -0.05) is 13.8 Å². The topological polar surface area (TPSA) is 47.4 Å². The average molecular weight is 384 g/mol. The number of fused-ring (bicyclic) bond motifs is 3. The molecule has 0 radical (unpaired) electrons. The zero-order valence-corrected chi connectivity index (χ0v) is 17.4. The minimum Gasteiger partial charge on any atom is -0.492 e. The van der Waals surface area contributed by atoms with Gasteiger partial charge in [-0.2, -0.15) is 0 Å². The molecule has 0 amide bonds. The van der Waals surface area contributed by atoms with E-state index in [1.54, 1.807) is 0 Å². The molecule has 0 bridgehead atoms. The molecule has 28 heavy (non-hydrogen) atoms. The fourth-order valence-corrected chi connectivity index (χ4v) is 3.44. The molecule has 0 saturated heterocycles. The van der Waals surface area contributed by atoms with Gasteiger partial charge in [-0.3, -0.25) is 0 Å². The van der Waals surface area contributed by atoms with Gasteiger partial charge in [0.05, 0.1) is 0 Å². The highest BCUT2D eigenvalue weighted by Crippen LogP contribution is 2.33. The number of aryl methyl sites for hydroxylation is 1. The number of nitrogens with zero attached hydrogens (tertiary/aromatic N) is 1. The zero-order chi connectivity index (χ0) is 19.8. The first-order chi connectivity index (χ1) is 13.7. The van der Waals surface area contributed by atoms with Gasteiger partial charge < -0.3 is 24.7 Å². The minimum absolute atomic E-state index is 0.676. The van der Waals surface area contributed by atoms with E-state index in [1.165, 1.54) is 21.8 Å². The molecule has 5 heteroatoms. The van der Waals surface area contributed by atoms with Crippen molar-refractivity contribution in [2.24, 2.45) is 7.05 Å². The van der Waals surface area contributed by atoms with Gasteiger partial charge in [0.25, 0.3) is 0 Å². The van der Waals surface area contributed by atoms with E-state index in [1.807, 2.05) is 0 Å². The molecule has 0 aliphatic heterocycles. The van der Waals surface area contributed by atoms with Crippen LogP contribution in [0, 0.1) is 0 Å². The maximum atomic E-state index is 5.94. The Morgan fingerprint density at radius 3 is 1.61 bits per heavy atom. The van der Waals surface area contributed by atoms with E-state index in [9.17, 15) is 0 Å². The van der Waals surface area contributed by atoms with Crippen LogP contribution in [0.3, 0.4) is 0 Å². The molecule has 0 saturated carbocycles. The molecule has 0 fully saturated rings. The lowest BCUT2D eigenvalue weighted by Crippen LogP contribution is -2.21. The number of hydrogen-bond acceptors (Lipinski definition) is 4. The second-order valence-electron chi connectivity index (χ2n) is 7.11. The van der Waals surface area contributed by atoms with Gasteiger partial charge in [0.2, 0.25) is 0 Å². The van der Waals surface area contributed by atoms with Crippen molar-refractivity contribution in [3.8, 4) is 11.5 Å². The molecular formula is C23H33N3O2. The average Bonchev–Trinajstić information content (AvgIpc) is 2.99. The smallest absolute Gasteiger partial charge is 0.120 e. The molecular weight excluding hydrogens is 350 g/mol. The van der Waals surface area contributed by atoms with Crippen molar-refractivity contribution < 1.29 is 9.47 Å². The molecule has 152 valence electrons. The lowest BCUT2D eigenvalue weighted by atomic mass is 10.1. The lowest BCUT2D eigenvalue weighted by molar-refractivity contribution is 0.314. The monoisotopic (exact) mass is 383 g/mol. The third-order valence-corrected chi connectivity index (χ3v) is 4.90. The Balaban J connectivity index is 1.74. The minimum atomic E-state index is 0.676.